The first-order valence-corrected chi connectivity index (χ1v) is 12.4. The van der Waals surface area contributed by atoms with E-state index in [9.17, 15) is 9.59 Å². The summed E-state index contributed by atoms with van der Waals surface area (Å²) in [6, 6.07) is -0.308. The van der Waals surface area contributed by atoms with Crippen molar-refractivity contribution in [2.45, 2.75) is 98.2 Å². The molecule has 1 saturated heterocycles. The molecular formula is C20H37NO4Si. The van der Waals surface area contributed by atoms with Crippen LogP contribution in [0.2, 0.25) is 18.1 Å². The number of ether oxygens (including phenoxy) is 1. The fraction of sp³-hybridized carbons (Fsp3) is 0.800. The average molecular weight is 384 g/mol. The van der Waals surface area contributed by atoms with E-state index < -0.39 is 20.0 Å². The van der Waals surface area contributed by atoms with Gasteiger partial charge in [0.1, 0.15) is 5.60 Å². The van der Waals surface area contributed by atoms with Crippen molar-refractivity contribution in [1.29, 1.82) is 0 Å². The summed E-state index contributed by atoms with van der Waals surface area (Å²) in [4.78, 5) is 27.0. The molecule has 5 nitrogen and oxygen atoms in total. The van der Waals surface area contributed by atoms with Crippen LogP contribution in [0, 0.1) is 5.92 Å². The zero-order valence-corrected chi connectivity index (χ0v) is 19.4. The van der Waals surface area contributed by atoms with E-state index in [1.54, 1.807) is 6.08 Å². The summed E-state index contributed by atoms with van der Waals surface area (Å²) in [7, 11) is -2.04. The molecule has 6 heteroatoms. The molecule has 1 rings (SSSR count). The molecule has 0 bridgehead atoms. The standard InChI is InChI=1S/C20H37NO4Si/c1-12-15(14(4)25-26(10,11)19(5,6)7)17(22)21-16(13(2)3)20(8,9)24-18(21)23/h12-14,16H,1-11H3/b15-12+/t14-,16-/m1/s1. The van der Waals surface area contributed by atoms with E-state index in [0.717, 1.165) is 0 Å². The minimum atomic E-state index is -2.04. The van der Waals surface area contributed by atoms with Crippen LogP contribution in [0.5, 0.6) is 0 Å². The van der Waals surface area contributed by atoms with Crippen molar-refractivity contribution in [3.63, 3.8) is 0 Å². The molecule has 0 N–H and O–H groups in total. The molecule has 0 aromatic rings. The molecule has 0 unspecified atom stereocenters. The Labute approximate surface area is 160 Å². The lowest BCUT2D eigenvalue weighted by Crippen LogP contribution is -2.50. The second kappa shape index (κ2) is 7.47. The number of cyclic esters (lactones) is 1. The smallest absolute Gasteiger partial charge is 0.417 e. The minimum Gasteiger partial charge on any atom is -0.441 e. The maximum Gasteiger partial charge on any atom is 0.417 e. The Hall–Kier alpha value is -1.14. The SMILES string of the molecule is C/C=C(/C(=O)N1C(=O)OC(C)(C)[C@H]1C(C)C)[C@@H](C)O[Si](C)(C)C(C)(C)C. The number of imide groups is 1. The van der Waals surface area contributed by atoms with Gasteiger partial charge in [-0.3, -0.25) is 4.79 Å². The lowest BCUT2D eigenvalue weighted by Gasteiger charge is -2.39. The van der Waals surface area contributed by atoms with Crippen LogP contribution in [-0.4, -0.2) is 43.0 Å². The van der Waals surface area contributed by atoms with Crippen LogP contribution in [0.4, 0.5) is 4.79 Å². The first-order chi connectivity index (χ1) is 11.6. The minimum absolute atomic E-state index is 0.0399. The lowest BCUT2D eigenvalue weighted by atomic mass is 9.88. The molecule has 0 spiro atoms. The highest BCUT2D eigenvalue weighted by Gasteiger charge is 2.52. The number of carbonyl (C=O) groups is 2. The third-order valence-electron chi connectivity index (χ3n) is 5.66. The second-order valence-electron chi connectivity index (χ2n) is 9.60. The molecule has 2 amide bonds. The lowest BCUT2D eigenvalue weighted by molar-refractivity contribution is -0.127. The molecule has 1 aliphatic rings. The van der Waals surface area contributed by atoms with E-state index in [1.807, 2.05) is 41.5 Å². The Balaban J connectivity index is 3.15. The van der Waals surface area contributed by atoms with Crippen molar-refractivity contribution in [3.05, 3.63) is 11.6 Å². The van der Waals surface area contributed by atoms with E-state index in [-0.39, 0.29) is 29.0 Å². The Morgan fingerprint density at radius 2 is 1.77 bits per heavy atom. The number of hydrogen-bond donors (Lipinski definition) is 0. The maximum atomic E-state index is 13.3. The predicted molar refractivity (Wildman–Crippen MR) is 108 cm³/mol. The van der Waals surface area contributed by atoms with Gasteiger partial charge in [-0.25, -0.2) is 9.69 Å². The quantitative estimate of drug-likeness (QED) is 0.488. The van der Waals surface area contributed by atoms with Crippen LogP contribution in [0.3, 0.4) is 0 Å². The summed E-state index contributed by atoms with van der Waals surface area (Å²) >= 11 is 0. The molecule has 1 aliphatic heterocycles. The van der Waals surface area contributed by atoms with Crippen molar-refractivity contribution in [2.24, 2.45) is 5.92 Å². The Morgan fingerprint density at radius 1 is 1.27 bits per heavy atom. The van der Waals surface area contributed by atoms with Crippen molar-refractivity contribution in [2.75, 3.05) is 0 Å². The molecule has 0 saturated carbocycles. The van der Waals surface area contributed by atoms with Gasteiger partial charge in [0.25, 0.3) is 5.91 Å². The molecule has 0 aromatic heterocycles. The summed E-state index contributed by atoms with van der Waals surface area (Å²) in [6.07, 6.45) is 0.811. The summed E-state index contributed by atoms with van der Waals surface area (Å²) in [5.41, 5.74) is -0.196. The Bertz CT molecular complexity index is 587. The van der Waals surface area contributed by atoms with Crippen LogP contribution in [0.1, 0.15) is 62.3 Å². The zero-order valence-electron chi connectivity index (χ0n) is 18.4. The molecule has 2 atom stereocenters. The van der Waals surface area contributed by atoms with Gasteiger partial charge >= 0.3 is 6.09 Å². The van der Waals surface area contributed by atoms with Gasteiger partial charge in [0.2, 0.25) is 0 Å². The first-order valence-electron chi connectivity index (χ1n) is 9.47. The van der Waals surface area contributed by atoms with Crippen LogP contribution in [-0.2, 0) is 14.0 Å². The molecular weight excluding hydrogens is 346 g/mol. The van der Waals surface area contributed by atoms with Crippen molar-refractivity contribution >= 4 is 20.3 Å². The van der Waals surface area contributed by atoms with Gasteiger partial charge in [0.05, 0.1) is 12.1 Å². The number of nitrogens with zero attached hydrogens (tertiary/aromatic N) is 1. The van der Waals surface area contributed by atoms with E-state index in [2.05, 4.69) is 33.9 Å². The number of carbonyl (C=O) groups excluding carboxylic acids is 2. The van der Waals surface area contributed by atoms with Crippen LogP contribution in [0.15, 0.2) is 11.6 Å². The number of hydrogen-bond acceptors (Lipinski definition) is 4. The monoisotopic (exact) mass is 383 g/mol. The van der Waals surface area contributed by atoms with Crippen LogP contribution < -0.4 is 0 Å². The predicted octanol–water partition coefficient (Wildman–Crippen LogP) is 5.13. The topological polar surface area (TPSA) is 55.8 Å². The number of allylic oxidation sites excluding steroid dienone is 1. The Morgan fingerprint density at radius 3 is 2.15 bits per heavy atom. The zero-order chi connectivity index (χ0) is 20.7. The summed E-state index contributed by atoms with van der Waals surface area (Å²) in [5.74, 6) is -0.219. The third kappa shape index (κ3) is 4.39. The van der Waals surface area contributed by atoms with Gasteiger partial charge in [-0.1, -0.05) is 40.7 Å². The average Bonchev–Trinajstić information content (AvgIpc) is 2.66. The van der Waals surface area contributed by atoms with Gasteiger partial charge in [0, 0.05) is 5.57 Å². The second-order valence-corrected chi connectivity index (χ2v) is 14.4. The molecule has 1 fully saturated rings. The molecule has 26 heavy (non-hydrogen) atoms. The molecule has 0 aliphatic carbocycles. The van der Waals surface area contributed by atoms with Crippen molar-refractivity contribution in [1.82, 2.24) is 4.90 Å². The molecule has 0 aromatic carbocycles. The highest BCUT2D eigenvalue weighted by atomic mass is 28.4. The van der Waals surface area contributed by atoms with Gasteiger partial charge in [-0.15, -0.1) is 0 Å². The maximum absolute atomic E-state index is 13.3. The summed E-state index contributed by atoms with van der Waals surface area (Å²) < 4.78 is 11.9. The summed E-state index contributed by atoms with van der Waals surface area (Å²) in [5, 5.41) is 0.0399. The van der Waals surface area contributed by atoms with Gasteiger partial charge in [-0.2, -0.15) is 0 Å². The molecule has 1 heterocycles. The first kappa shape index (κ1) is 22.9. The van der Waals surface area contributed by atoms with E-state index >= 15 is 0 Å². The highest BCUT2D eigenvalue weighted by Crippen LogP contribution is 2.39. The highest BCUT2D eigenvalue weighted by molar-refractivity contribution is 6.74. The number of amides is 2. The van der Waals surface area contributed by atoms with E-state index in [0.29, 0.717) is 5.57 Å². The van der Waals surface area contributed by atoms with E-state index in [1.165, 1.54) is 4.90 Å². The fourth-order valence-electron chi connectivity index (χ4n) is 3.42. The van der Waals surface area contributed by atoms with Crippen LogP contribution >= 0.6 is 0 Å². The van der Waals surface area contributed by atoms with Gasteiger partial charge < -0.3 is 9.16 Å². The largest absolute Gasteiger partial charge is 0.441 e. The van der Waals surface area contributed by atoms with E-state index in [4.69, 9.17) is 9.16 Å². The molecule has 150 valence electrons. The van der Waals surface area contributed by atoms with Crippen molar-refractivity contribution < 1.29 is 18.8 Å². The fourth-order valence-corrected chi connectivity index (χ4v) is 4.79. The number of rotatable bonds is 5. The van der Waals surface area contributed by atoms with Gasteiger partial charge in [0.15, 0.2) is 8.32 Å². The Kier molecular flexibility index (Phi) is 6.58. The summed E-state index contributed by atoms with van der Waals surface area (Å²) in [6.45, 7) is 22.2. The molecule has 0 radical (unpaired) electrons. The van der Waals surface area contributed by atoms with Crippen molar-refractivity contribution in [3.8, 4) is 0 Å². The van der Waals surface area contributed by atoms with Gasteiger partial charge in [-0.05, 0) is 51.7 Å². The third-order valence-corrected chi connectivity index (χ3v) is 10.2. The normalized spacial score (nSPS) is 22.6. The van der Waals surface area contributed by atoms with Crippen LogP contribution in [0.25, 0.3) is 0 Å².